The first kappa shape index (κ1) is 21.3. The largest absolute Gasteiger partial charge is 0.493 e. The van der Waals surface area contributed by atoms with Gasteiger partial charge in [-0.1, -0.05) is 26.0 Å². The molecule has 0 aliphatic heterocycles. The lowest BCUT2D eigenvalue weighted by Gasteiger charge is -2.18. The van der Waals surface area contributed by atoms with Gasteiger partial charge in [0.05, 0.1) is 19.8 Å². The summed E-state index contributed by atoms with van der Waals surface area (Å²) >= 11 is 0. The summed E-state index contributed by atoms with van der Waals surface area (Å²) in [5.41, 5.74) is 1.96. The van der Waals surface area contributed by atoms with Gasteiger partial charge >= 0.3 is 0 Å². The second-order valence-electron chi connectivity index (χ2n) is 7.07. The van der Waals surface area contributed by atoms with Gasteiger partial charge in [0.15, 0.2) is 11.5 Å². The number of rotatable bonds is 8. The Kier molecular flexibility index (Phi) is 7.44. The fourth-order valence-corrected chi connectivity index (χ4v) is 2.63. The minimum absolute atomic E-state index is 0.183. The number of methoxy groups -OCH3 is 1. The van der Waals surface area contributed by atoms with Crippen LogP contribution in [-0.4, -0.2) is 25.5 Å². The van der Waals surface area contributed by atoms with Gasteiger partial charge in [0, 0.05) is 18.2 Å². The maximum atomic E-state index is 12.6. The fraction of sp³-hybridized carbons (Fsp3) is 0.364. The van der Waals surface area contributed by atoms with Crippen LogP contribution in [0.25, 0.3) is 0 Å². The van der Waals surface area contributed by atoms with Crippen LogP contribution >= 0.6 is 0 Å². The molecule has 6 heteroatoms. The van der Waals surface area contributed by atoms with E-state index < -0.39 is 0 Å². The maximum absolute atomic E-state index is 12.6. The van der Waals surface area contributed by atoms with E-state index in [-0.39, 0.29) is 17.9 Å². The van der Waals surface area contributed by atoms with E-state index in [9.17, 15) is 9.59 Å². The Balaban J connectivity index is 2.10. The molecule has 0 saturated heterocycles. The predicted octanol–water partition coefficient (Wildman–Crippen LogP) is 4.18. The molecule has 1 atom stereocenters. The number of benzene rings is 2. The van der Waals surface area contributed by atoms with Crippen LogP contribution in [0, 0.1) is 5.92 Å². The van der Waals surface area contributed by atoms with Crippen molar-refractivity contribution in [2.24, 2.45) is 5.92 Å². The lowest BCUT2D eigenvalue weighted by molar-refractivity contribution is -0.114. The molecule has 28 heavy (non-hydrogen) atoms. The zero-order valence-electron chi connectivity index (χ0n) is 17.0. The van der Waals surface area contributed by atoms with Gasteiger partial charge < -0.3 is 20.1 Å². The van der Waals surface area contributed by atoms with Crippen molar-refractivity contribution in [2.45, 2.75) is 33.7 Å². The van der Waals surface area contributed by atoms with Gasteiger partial charge in [-0.3, -0.25) is 9.59 Å². The molecule has 0 aliphatic rings. The van der Waals surface area contributed by atoms with E-state index in [1.165, 1.54) is 6.92 Å². The molecular formula is C22H28N2O4. The molecule has 150 valence electrons. The SMILES string of the molecule is COc1cc(C(C)NC(=O)c2cccc(NC(C)=O)c2)ccc1OCC(C)C. The molecule has 2 rings (SSSR count). The van der Waals surface area contributed by atoms with E-state index in [0.29, 0.717) is 35.3 Å². The molecule has 0 aliphatic carbocycles. The highest BCUT2D eigenvalue weighted by Gasteiger charge is 2.15. The summed E-state index contributed by atoms with van der Waals surface area (Å²) in [6.07, 6.45) is 0. The molecule has 1 unspecified atom stereocenters. The van der Waals surface area contributed by atoms with Gasteiger partial charge in [-0.2, -0.15) is 0 Å². The zero-order chi connectivity index (χ0) is 20.7. The average molecular weight is 384 g/mol. The third-order valence-corrected chi connectivity index (χ3v) is 4.05. The van der Waals surface area contributed by atoms with Gasteiger partial charge in [-0.05, 0) is 48.7 Å². The Morgan fingerprint density at radius 1 is 1.04 bits per heavy atom. The number of amides is 2. The first-order chi connectivity index (χ1) is 13.3. The van der Waals surface area contributed by atoms with Crippen LogP contribution in [0.1, 0.15) is 49.7 Å². The van der Waals surface area contributed by atoms with Crippen molar-refractivity contribution < 1.29 is 19.1 Å². The number of hydrogen-bond acceptors (Lipinski definition) is 4. The minimum atomic E-state index is -0.232. The third kappa shape index (κ3) is 6.01. The Morgan fingerprint density at radius 2 is 1.79 bits per heavy atom. The summed E-state index contributed by atoms with van der Waals surface area (Å²) in [6, 6.07) is 12.2. The van der Waals surface area contributed by atoms with Crippen LogP contribution < -0.4 is 20.1 Å². The van der Waals surface area contributed by atoms with Gasteiger partial charge in [0.25, 0.3) is 5.91 Å². The van der Waals surface area contributed by atoms with Crippen molar-refractivity contribution >= 4 is 17.5 Å². The average Bonchev–Trinajstić information content (AvgIpc) is 2.65. The van der Waals surface area contributed by atoms with E-state index in [1.807, 2.05) is 25.1 Å². The van der Waals surface area contributed by atoms with E-state index in [2.05, 4.69) is 24.5 Å². The number of hydrogen-bond donors (Lipinski definition) is 2. The molecule has 0 saturated carbocycles. The maximum Gasteiger partial charge on any atom is 0.251 e. The normalized spacial score (nSPS) is 11.6. The van der Waals surface area contributed by atoms with Crippen molar-refractivity contribution in [2.75, 3.05) is 19.0 Å². The monoisotopic (exact) mass is 384 g/mol. The first-order valence-corrected chi connectivity index (χ1v) is 9.29. The molecule has 0 spiro atoms. The number of ether oxygens (including phenoxy) is 2. The second-order valence-corrected chi connectivity index (χ2v) is 7.07. The van der Waals surface area contributed by atoms with Crippen molar-refractivity contribution in [1.82, 2.24) is 5.32 Å². The van der Waals surface area contributed by atoms with Gasteiger partial charge in [0.1, 0.15) is 0 Å². The van der Waals surface area contributed by atoms with Crippen LogP contribution in [0.3, 0.4) is 0 Å². The molecule has 0 fully saturated rings. The number of carbonyl (C=O) groups is 2. The Bertz CT molecular complexity index is 833. The molecule has 0 bridgehead atoms. The highest BCUT2D eigenvalue weighted by Crippen LogP contribution is 2.30. The Hall–Kier alpha value is -3.02. The Labute approximate surface area is 166 Å². The van der Waals surface area contributed by atoms with E-state index in [1.54, 1.807) is 31.4 Å². The number of anilines is 1. The Morgan fingerprint density at radius 3 is 2.43 bits per heavy atom. The highest BCUT2D eigenvalue weighted by atomic mass is 16.5. The molecule has 6 nitrogen and oxygen atoms in total. The second kappa shape index (κ2) is 9.78. The standard InChI is InChI=1S/C22H28N2O4/c1-14(2)13-28-20-10-9-17(12-21(20)27-5)15(3)23-22(26)18-7-6-8-19(11-18)24-16(4)25/h6-12,14-15H,13H2,1-5H3,(H,23,26)(H,24,25). The van der Waals surface area contributed by atoms with Gasteiger partial charge in [-0.25, -0.2) is 0 Å². The topological polar surface area (TPSA) is 76.7 Å². The first-order valence-electron chi connectivity index (χ1n) is 9.29. The molecule has 0 radical (unpaired) electrons. The molecule has 2 aromatic rings. The van der Waals surface area contributed by atoms with Gasteiger partial charge in [0.2, 0.25) is 5.91 Å². The summed E-state index contributed by atoms with van der Waals surface area (Å²) in [6.45, 7) is 8.10. The quantitative estimate of drug-likeness (QED) is 0.716. The summed E-state index contributed by atoms with van der Waals surface area (Å²) < 4.78 is 11.2. The summed E-state index contributed by atoms with van der Waals surface area (Å²) in [5, 5.41) is 5.64. The van der Waals surface area contributed by atoms with Crippen molar-refractivity contribution in [3.63, 3.8) is 0 Å². The van der Waals surface area contributed by atoms with Crippen LogP contribution in [-0.2, 0) is 4.79 Å². The van der Waals surface area contributed by atoms with Crippen LogP contribution in [0.4, 0.5) is 5.69 Å². The molecule has 2 amide bonds. The predicted molar refractivity (Wildman–Crippen MR) is 110 cm³/mol. The van der Waals surface area contributed by atoms with Crippen molar-refractivity contribution in [1.29, 1.82) is 0 Å². The lowest BCUT2D eigenvalue weighted by atomic mass is 10.1. The molecule has 0 aromatic heterocycles. The van der Waals surface area contributed by atoms with E-state index in [4.69, 9.17) is 9.47 Å². The van der Waals surface area contributed by atoms with Crippen molar-refractivity contribution in [3.05, 3.63) is 53.6 Å². The van der Waals surface area contributed by atoms with Crippen LogP contribution in [0.2, 0.25) is 0 Å². The molecular weight excluding hydrogens is 356 g/mol. The number of nitrogens with one attached hydrogen (secondary N) is 2. The van der Waals surface area contributed by atoms with Crippen molar-refractivity contribution in [3.8, 4) is 11.5 Å². The summed E-state index contributed by atoms with van der Waals surface area (Å²) in [4.78, 5) is 23.8. The van der Waals surface area contributed by atoms with Gasteiger partial charge in [-0.15, -0.1) is 0 Å². The van der Waals surface area contributed by atoms with E-state index >= 15 is 0 Å². The molecule has 2 N–H and O–H groups in total. The highest BCUT2D eigenvalue weighted by molar-refractivity contribution is 5.97. The zero-order valence-corrected chi connectivity index (χ0v) is 17.0. The minimum Gasteiger partial charge on any atom is -0.493 e. The van der Waals surface area contributed by atoms with Crippen LogP contribution in [0.5, 0.6) is 11.5 Å². The lowest BCUT2D eigenvalue weighted by Crippen LogP contribution is -2.26. The van der Waals surface area contributed by atoms with E-state index in [0.717, 1.165) is 5.56 Å². The fourth-order valence-electron chi connectivity index (χ4n) is 2.63. The molecule has 0 heterocycles. The third-order valence-electron chi connectivity index (χ3n) is 4.05. The smallest absolute Gasteiger partial charge is 0.251 e. The molecule has 2 aromatic carbocycles. The summed E-state index contributed by atoms with van der Waals surface area (Å²) in [5.74, 6) is 1.32. The summed E-state index contributed by atoms with van der Waals surface area (Å²) in [7, 11) is 1.60. The number of carbonyl (C=O) groups excluding carboxylic acids is 2. The van der Waals surface area contributed by atoms with Crippen LogP contribution in [0.15, 0.2) is 42.5 Å².